The van der Waals surface area contributed by atoms with Crippen molar-refractivity contribution >= 4 is 23.3 Å². The summed E-state index contributed by atoms with van der Waals surface area (Å²) in [5.41, 5.74) is 4.26. The van der Waals surface area contributed by atoms with Crippen LogP contribution in [0.3, 0.4) is 0 Å². The molecule has 0 aromatic heterocycles. The number of hydrogen-bond donors (Lipinski definition) is 2. The molecule has 2 N–H and O–H groups in total. The quantitative estimate of drug-likeness (QED) is 0.652. The highest BCUT2D eigenvalue weighted by atomic mass is 32.1. The van der Waals surface area contributed by atoms with E-state index in [1.165, 1.54) is 0 Å². The molecule has 1 unspecified atom stereocenters. The Bertz CT molecular complexity index is 683. The van der Waals surface area contributed by atoms with Crippen LogP contribution in [0.2, 0.25) is 0 Å². The lowest BCUT2D eigenvalue weighted by atomic mass is 9.91. The Hall–Kier alpha value is -2.08. The molecule has 0 radical (unpaired) electrons. The average molecular weight is 334 g/mol. The third kappa shape index (κ3) is 3.47. The predicted molar refractivity (Wildman–Crippen MR) is 93.4 cm³/mol. The Morgan fingerprint density at radius 3 is 2.57 bits per heavy atom. The number of carbonyl (C=O) groups is 1. The van der Waals surface area contributed by atoms with Crippen LogP contribution in [-0.4, -0.2) is 24.8 Å². The Morgan fingerprint density at radius 1 is 1.26 bits per heavy atom. The van der Waals surface area contributed by atoms with E-state index in [1.807, 2.05) is 32.9 Å². The van der Waals surface area contributed by atoms with E-state index in [0.717, 1.165) is 22.4 Å². The Morgan fingerprint density at radius 2 is 1.96 bits per heavy atom. The largest absolute Gasteiger partial charge is 0.496 e. The zero-order valence-corrected chi connectivity index (χ0v) is 14.9. The molecule has 1 aliphatic rings. The van der Waals surface area contributed by atoms with Gasteiger partial charge in [-0.2, -0.15) is 0 Å². The third-order valence-electron chi connectivity index (χ3n) is 3.86. The second-order valence-electron chi connectivity index (χ2n) is 5.47. The maximum Gasteiger partial charge on any atom is 0.338 e. The lowest BCUT2D eigenvalue weighted by Crippen LogP contribution is -2.45. The number of ether oxygens (including phenoxy) is 2. The van der Waals surface area contributed by atoms with Crippen molar-refractivity contribution in [3.63, 3.8) is 0 Å². The minimum atomic E-state index is -0.342. The smallest absolute Gasteiger partial charge is 0.338 e. The van der Waals surface area contributed by atoms with Crippen LogP contribution < -0.4 is 15.4 Å². The van der Waals surface area contributed by atoms with Crippen LogP contribution in [0.1, 0.15) is 36.6 Å². The fraction of sp³-hybridized carbons (Fsp3) is 0.412. The molecular weight excluding hydrogens is 312 g/mol. The monoisotopic (exact) mass is 334 g/mol. The van der Waals surface area contributed by atoms with Crippen molar-refractivity contribution in [3.05, 3.63) is 40.1 Å². The van der Waals surface area contributed by atoms with Gasteiger partial charge in [-0.25, -0.2) is 4.79 Å². The molecule has 124 valence electrons. The van der Waals surface area contributed by atoms with Crippen LogP contribution in [0.4, 0.5) is 0 Å². The van der Waals surface area contributed by atoms with E-state index in [9.17, 15) is 4.79 Å². The number of nitrogens with one attached hydrogen (secondary N) is 2. The van der Waals surface area contributed by atoms with E-state index >= 15 is 0 Å². The highest BCUT2D eigenvalue weighted by molar-refractivity contribution is 7.80. The molecule has 5 nitrogen and oxygen atoms in total. The molecule has 0 saturated carbocycles. The van der Waals surface area contributed by atoms with E-state index in [1.54, 1.807) is 14.0 Å². The number of carbonyl (C=O) groups excluding carboxylic acids is 1. The van der Waals surface area contributed by atoms with Crippen molar-refractivity contribution in [1.29, 1.82) is 0 Å². The van der Waals surface area contributed by atoms with Crippen LogP contribution in [0, 0.1) is 13.8 Å². The van der Waals surface area contributed by atoms with Crippen LogP contribution >= 0.6 is 12.2 Å². The number of benzene rings is 1. The molecule has 1 aromatic carbocycles. The van der Waals surface area contributed by atoms with Crippen LogP contribution in [-0.2, 0) is 9.53 Å². The van der Waals surface area contributed by atoms with E-state index in [4.69, 9.17) is 21.7 Å². The molecule has 6 heteroatoms. The summed E-state index contributed by atoms with van der Waals surface area (Å²) in [4.78, 5) is 12.4. The number of allylic oxidation sites excluding steroid dienone is 1. The van der Waals surface area contributed by atoms with Crippen molar-refractivity contribution in [2.24, 2.45) is 0 Å². The summed E-state index contributed by atoms with van der Waals surface area (Å²) in [7, 11) is 1.65. The van der Waals surface area contributed by atoms with E-state index in [2.05, 4.69) is 10.6 Å². The molecule has 0 aliphatic carbocycles. The number of hydrogen-bond acceptors (Lipinski definition) is 4. The van der Waals surface area contributed by atoms with Gasteiger partial charge in [-0.05, 0) is 68.7 Å². The minimum absolute atomic E-state index is 0.327. The number of methoxy groups -OCH3 is 1. The normalized spacial score (nSPS) is 17.4. The molecule has 1 aromatic rings. The maximum absolute atomic E-state index is 12.4. The second-order valence-corrected chi connectivity index (χ2v) is 5.88. The SMILES string of the molecule is CCOC(=O)C1=C(C)NC(=S)NC1c1cc(C)c(OC)cc1C. The van der Waals surface area contributed by atoms with Gasteiger partial charge in [0.15, 0.2) is 5.11 Å². The zero-order chi connectivity index (χ0) is 17.1. The number of rotatable bonds is 4. The maximum atomic E-state index is 12.4. The fourth-order valence-electron chi connectivity index (χ4n) is 2.75. The molecule has 0 fully saturated rings. The summed E-state index contributed by atoms with van der Waals surface area (Å²) in [6, 6.07) is 3.65. The van der Waals surface area contributed by atoms with Gasteiger partial charge >= 0.3 is 5.97 Å². The van der Waals surface area contributed by atoms with Gasteiger partial charge in [0, 0.05) is 5.70 Å². The molecule has 0 spiro atoms. The first-order valence-corrected chi connectivity index (χ1v) is 7.90. The van der Waals surface area contributed by atoms with Crippen molar-refractivity contribution in [2.45, 2.75) is 33.7 Å². The summed E-state index contributed by atoms with van der Waals surface area (Å²) in [5.74, 6) is 0.478. The Kier molecular flexibility index (Phi) is 5.26. The van der Waals surface area contributed by atoms with Crippen molar-refractivity contribution in [2.75, 3.05) is 13.7 Å². The minimum Gasteiger partial charge on any atom is -0.496 e. The summed E-state index contributed by atoms with van der Waals surface area (Å²) in [5, 5.41) is 6.67. The van der Waals surface area contributed by atoms with Crippen molar-refractivity contribution in [1.82, 2.24) is 10.6 Å². The molecule has 1 heterocycles. The van der Waals surface area contributed by atoms with E-state index < -0.39 is 0 Å². The fourth-order valence-corrected chi connectivity index (χ4v) is 3.02. The molecule has 1 atom stereocenters. The van der Waals surface area contributed by atoms with Gasteiger partial charge in [0.25, 0.3) is 0 Å². The van der Waals surface area contributed by atoms with Crippen molar-refractivity contribution < 1.29 is 14.3 Å². The second kappa shape index (κ2) is 7.00. The summed E-state index contributed by atoms with van der Waals surface area (Å²) < 4.78 is 10.6. The molecular formula is C17H22N2O3S. The first-order chi connectivity index (χ1) is 10.9. The highest BCUT2D eigenvalue weighted by Crippen LogP contribution is 2.33. The van der Waals surface area contributed by atoms with E-state index in [0.29, 0.717) is 23.0 Å². The zero-order valence-electron chi connectivity index (χ0n) is 14.1. The molecule has 0 saturated heterocycles. The van der Waals surface area contributed by atoms with Crippen LogP contribution in [0.25, 0.3) is 0 Å². The number of thiocarbonyl (C=S) groups is 1. The molecule has 23 heavy (non-hydrogen) atoms. The topological polar surface area (TPSA) is 59.6 Å². The summed E-state index contributed by atoms with van der Waals surface area (Å²) in [6.45, 7) is 7.91. The molecule has 2 rings (SSSR count). The van der Waals surface area contributed by atoms with Crippen molar-refractivity contribution in [3.8, 4) is 5.75 Å². The first-order valence-electron chi connectivity index (χ1n) is 7.49. The van der Waals surface area contributed by atoms with Crippen LogP contribution in [0.15, 0.2) is 23.4 Å². The summed E-state index contributed by atoms with van der Waals surface area (Å²) in [6.07, 6.45) is 0. The Balaban J connectivity index is 2.54. The van der Waals surface area contributed by atoms with Gasteiger partial charge < -0.3 is 20.1 Å². The first kappa shape index (κ1) is 17.3. The van der Waals surface area contributed by atoms with Gasteiger partial charge in [-0.3, -0.25) is 0 Å². The van der Waals surface area contributed by atoms with Gasteiger partial charge in [0.1, 0.15) is 5.75 Å². The van der Waals surface area contributed by atoms with Crippen LogP contribution in [0.5, 0.6) is 5.75 Å². The predicted octanol–water partition coefficient (Wildman–Crippen LogP) is 2.67. The lowest BCUT2D eigenvalue weighted by Gasteiger charge is -2.31. The van der Waals surface area contributed by atoms with Gasteiger partial charge in [-0.15, -0.1) is 0 Å². The standard InChI is InChI=1S/C17H22N2O3S/c1-6-22-16(20)14-11(4)18-17(23)19-15(14)12-7-10(3)13(21-5)8-9(12)2/h7-8,15H,6H2,1-5H3,(H2,18,19,23). The average Bonchev–Trinajstić information content (AvgIpc) is 2.48. The van der Waals surface area contributed by atoms with Gasteiger partial charge in [-0.1, -0.05) is 0 Å². The molecule has 0 bridgehead atoms. The van der Waals surface area contributed by atoms with Gasteiger partial charge in [0.05, 0.1) is 25.3 Å². The number of esters is 1. The molecule has 0 amide bonds. The third-order valence-corrected chi connectivity index (χ3v) is 4.08. The lowest BCUT2D eigenvalue weighted by molar-refractivity contribution is -0.139. The van der Waals surface area contributed by atoms with E-state index in [-0.39, 0.29) is 12.0 Å². The summed E-state index contributed by atoms with van der Waals surface area (Å²) >= 11 is 5.26. The molecule has 1 aliphatic heterocycles. The van der Waals surface area contributed by atoms with Gasteiger partial charge in [0.2, 0.25) is 0 Å². The number of aryl methyl sites for hydroxylation is 2. The Labute approximate surface area is 142 Å². The highest BCUT2D eigenvalue weighted by Gasteiger charge is 2.32.